The first-order chi connectivity index (χ1) is 13.7. The van der Waals surface area contributed by atoms with E-state index >= 15 is 0 Å². The molecule has 7 nitrogen and oxygen atoms in total. The number of hydrogen-bond acceptors (Lipinski definition) is 4. The van der Waals surface area contributed by atoms with Crippen molar-refractivity contribution in [3.8, 4) is 0 Å². The highest BCUT2D eigenvalue weighted by molar-refractivity contribution is 6.07. The summed E-state index contributed by atoms with van der Waals surface area (Å²) >= 11 is 0. The molecular weight excluding hydrogens is 375 g/mol. The molecule has 0 saturated heterocycles. The largest absolute Gasteiger partial charge is 0.383 e. The van der Waals surface area contributed by atoms with E-state index in [1.54, 1.807) is 6.92 Å². The van der Waals surface area contributed by atoms with Crippen LogP contribution in [-0.2, 0) is 6.54 Å². The van der Waals surface area contributed by atoms with Crippen molar-refractivity contribution < 1.29 is 9.18 Å². The summed E-state index contributed by atoms with van der Waals surface area (Å²) in [6.45, 7) is 8.10. The number of halogens is 1. The molecule has 1 aromatic heterocycles. The molecule has 8 heteroatoms. The van der Waals surface area contributed by atoms with E-state index in [2.05, 4.69) is 4.98 Å². The zero-order valence-electron chi connectivity index (χ0n) is 17.4. The quantitative estimate of drug-likeness (QED) is 0.706. The van der Waals surface area contributed by atoms with E-state index in [-0.39, 0.29) is 29.5 Å². The highest BCUT2D eigenvalue weighted by atomic mass is 19.1. The van der Waals surface area contributed by atoms with Crippen molar-refractivity contribution in [2.75, 3.05) is 17.2 Å². The van der Waals surface area contributed by atoms with Crippen LogP contribution in [-0.4, -0.2) is 22.0 Å². The Labute approximate surface area is 169 Å². The number of H-pyrrole nitrogens is 1. The number of nitrogens with one attached hydrogen (secondary N) is 1. The molecule has 1 heterocycles. The molecule has 0 spiro atoms. The molecule has 0 unspecified atom stereocenters. The number of unbranched alkanes of at least 4 members (excludes halogenated alkanes) is 1. The van der Waals surface area contributed by atoms with Crippen molar-refractivity contribution in [1.29, 1.82) is 0 Å². The molecule has 0 bridgehead atoms. The van der Waals surface area contributed by atoms with Gasteiger partial charge in [0.05, 0.1) is 0 Å². The van der Waals surface area contributed by atoms with Crippen LogP contribution in [0.2, 0.25) is 0 Å². The van der Waals surface area contributed by atoms with Crippen molar-refractivity contribution in [2.24, 2.45) is 5.92 Å². The van der Waals surface area contributed by atoms with Crippen molar-refractivity contribution in [1.82, 2.24) is 9.55 Å². The van der Waals surface area contributed by atoms with Crippen LogP contribution < -0.4 is 21.9 Å². The monoisotopic (exact) mass is 404 g/mol. The fourth-order valence-corrected chi connectivity index (χ4v) is 2.96. The van der Waals surface area contributed by atoms with Gasteiger partial charge >= 0.3 is 5.69 Å². The van der Waals surface area contributed by atoms with Crippen molar-refractivity contribution >= 4 is 17.4 Å². The second-order valence-electron chi connectivity index (χ2n) is 7.60. The van der Waals surface area contributed by atoms with Gasteiger partial charge in [-0.25, -0.2) is 9.18 Å². The molecule has 0 saturated carbocycles. The third-order valence-electron chi connectivity index (χ3n) is 4.81. The SMILES string of the molecule is CCCCn1c(N)c(N(CCC(C)C)C(=O)c2ccc(C)c(F)c2)c(=O)[nH]c1=O. The molecule has 0 radical (unpaired) electrons. The fourth-order valence-electron chi connectivity index (χ4n) is 2.96. The summed E-state index contributed by atoms with van der Waals surface area (Å²) in [6, 6.07) is 4.18. The number of aryl methyl sites for hydroxylation is 1. The Balaban J connectivity index is 2.60. The van der Waals surface area contributed by atoms with E-state index in [0.717, 1.165) is 12.5 Å². The number of carbonyl (C=O) groups excluding carboxylic acids is 1. The van der Waals surface area contributed by atoms with Gasteiger partial charge in [0.15, 0.2) is 5.69 Å². The number of anilines is 2. The van der Waals surface area contributed by atoms with Gasteiger partial charge in [-0.2, -0.15) is 0 Å². The fraction of sp³-hybridized carbons (Fsp3) is 0.476. The molecule has 0 fully saturated rings. The lowest BCUT2D eigenvalue weighted by Crippen LogP contribution is -2.42. The zero-order chi connectivity index (χ0) is 21.7. The Morgan fingerprint density at radius 3 is 2.59 bits per heavy atom. The molecule has 2 rings (SSSR count). The van der Waals surface area contributed by atoms with Crippen molar-refractivity contribution in [3.05, 3.63) is 56.0 Å². The van der Waals surface area contributed by atoms with Crippen LogP contribution >= 0.6 is 0 Å². The Morgan fingerprint density at radius 1 is 1.31 bits per heavy atom. The number of aromatic nitrogens is 2. The van der Waals surface area contributed by atoms with Crippen LogP contribution in [0.1, 0.15) is 56.0 Å². The minimum absolute atomic E-state index is 0.0584. The highest BCUT2D eigenvalue weighted by Crippen LogP contribution is 2.22. The normalized spacial score (nSPS) is 11.1. The van der Waals surface area contributed by atoms with Gasteiger partial charge in [-0.1, -0.05) is 33.3 Å². The van der Waals surface area contributed by atoms with Gasteiger partial charge in [-0.3, -0.25) is 19.1 Å². The first kappa shape index (κ1) is 22.4. The first-order valence-corrected chi connectivity index (χ1v) is 9.88. The Bertz CT molecular complexity index is 994. The predicted molar refractivity (Wildman–Crippen MR) is 113 cm³/mol. The molecule has 158 valence electrons. The second-order valence-corrected chi connectivity index (χ2v) is 7.60. The van der Waals surface area contributed by atoms with E-state index in [0.29, 0.717) is 24.9 Å². The Morgan fingerprint density at radius 2 is 2.00 bits per heavy atom. The number of rotatable bonds is 8. The summed E-state index contributed by atoms with van der Waals surface area (Å²) in [6.07, 6.45) is 2.13. The lowest BCUT2D eigenvalue weighted by atomic mass is 10.1. The lowest BCUT2D eigenvalue weighted by Gasteiger charge is -2.25. The second kappa shape index (κ2) is 9.54. The van der Waals surface area contributed by atoms with E-state index in [1.807, 2.05) is 20.8 Å². The van der Waals surface area contributed by atoms with Gasteiger partial charge in [-0.05, 0) is 43.4 Å². The Hall–Kier alpha value is -2.90. The molecule has 2 aromatic rings. The van der Waals surface area contributed by atoms with Crippen LogP contribution in [0.5, 0.6) is 0 Å². The van der Waals surface area contributed by atoms with Crippen molar-refractivity contribution in [2.45, 2.75) is 53.5 Å². The summed E-state index contributed by atoms with van der Waals surface area (Å²) in [5, 5.41) is 0. The van der Waals surface area contributed by atoms with Crippen LogP contribution in [0.15, 0.2) is 27.8 Å². The van der Waals surface area contributed by atoms with E-state index in [9.17, 15) is 18.8 Å². The van der Waals surface area contributed by atoms with Gasteiger partial charge in [0, 0.05) is 18.7 Å². The van der Waals surface area contributed by atoms with Crippen LogP contribution in [0.25, 0.3) is 0 Å². The number of nitrogen functional groups attached to an aromatic ring is 1. The highest BCUT2D eigenvalue weighted by Gasteiger charge is 2.25. The van der Waals surface area contributed by atoms with Crippen molar-refractivity contribution in [3.63, 3.8) is 0 Å². The van der Waals surface area contributed by atoms with E-state index < -0.39 is 23.0 Å². The maximum atomic E-state index is 14.0. The third kappa shape index (κ3) is 5.13. The summed E-state index contributed by atoms with van der Waals surface area (Å²) < 4.78 is 15.3. The zero-order valence-corrected chi connectivity index (χ0v) is 17.4. The summed E-state index contributed by atoms with van der Waals surface area (Å²) in [7, 11) is 0. The molecule has 1 amide bonds. The number of aromatic amines is 1. The number of benzene rings is 1. The molecule has 3 N–H and O–H groups in total. The van der Waals surface area contributed by atoms with Crippen LogP contribution in [0.4, 0.5) is 15.9 Å². The first-order valence-electron chi connectivity index (χ1n) is 9.88. The summed E-state index contributed by atoms with van der Waals surface area (Å²) in [4.78, 5) is 41.5. The molecule has 0 aliphatic carbocycles. The third-order valence-corrected chi connectivity index (χ3v) is 4.81. The molecule has 0 atom stereocenters. The number of amides is 1. The van der Waals surface area contributed by atoms with E-state index in [4.69, 9.17) is 5.73 Å². The van der Waals surface area contributed by atoms with Gasteiger partial charge in [0.25, 0.3) is 11.5 Å². The number of carbonyl (C=O) groups is 1. The minimum atomic E-state index is -0.732. The Kier molecular flexibility index (Phi) is 7.36. The summed E-state index contributed by atoms with van der Waals surface area (Å²) in [5.74, 6) is -0.847. The van der Waals surface area contributed by atoms with E-state index in [1.165, 1.54) is 21.6 Å². The molecule has 1 aromatic carbocycles. The van der Waals surface area contributed by atoms with Gasteiger partial charge < -0.3 is 10.6 Å². The average molecular weight is 404 g/mol. The standard InChI is InChI=1S/C21H29FN4O3/c1-5-6-10-26-18(23)17(19(27)24-21(26)29)25(11-9-13(2)3)20(28)15-8-7-14(4)16(22)12-15/h7-8,12-13H,5-6,9-11,23H2,1-4H3,(H,24,27,29). The maximum absolute atomic E-state index is 14.0. The topological polar surface area (TPSA) is 101 Å². The van der Waals surface area contributed by atoms with Crippen LogP contribution in [0, 0.1) is 18.7 Å². The molecular formula is C21H29FN4O3. The number of nitrogens with zero attached hydrogens (tertiary/aromatic N) is 2. The maximum Gasteiger partial charge on any atom is 0.330 e. The molecule has 0 aliphatic heterocycles. The predicted octanol–water partition coefficient (Wildman–Crippen LogP) is 3.06. The van der Waals surface area contributed by atoms with Crippen LogP contribution in [0.3, 0.4) is 0 Å². The molecule has 29 heavy (non-hydrogen) atoms. The molecule has 0 aliphatic rings. The minimum Gasteiger partial charge on any atom is -0.383 e. The number of nitrogens with two attached hydrogens (primary N) is 1. The van der Waals surface area contributed by atoms with Gasteiger partial charge in [-0.15, -0.1) is 0 Å². The van der Waals surface area contributed by atoms with Gasteiger partial charge in [0.2, 0.25) is 0 Å². The number of hydrogen-bond donors (Lipinski definition) is 2. The lowest BCUT2D eigenvalue weighted by molar-refractivity contribution is 0.0985. The van der Waals surface area contributed by atoms with Gasteiger partial charge in [0.1, 0.15) is 11.6 Å². The smallest absolute Gasteiger partial charge is 0.330 e. The summed E-state index contributed by atoms with van der Waals surface area (Å²) in [5.41, 5.74) is 5.29. The average Bonchev–Trinajstić information content (AvgIpc) is 2.65.